The average molecular weight is 283 g/mol. The molecule has 0 atom stereocenters. The van der Waals surface area contributed by atoms with Crippen LogP contribution < -0.4 is 4.74 Å². The van der Waals surface area contributed by atoms with E-state index in [4.69, 9.17) is 4.74 Å². The lowest BCUT2D eigenvalue weighted by Crippen LogP contribution is -2.26. The summed E-state index contributed by atoms with van der Waals surface area (Å²) < 4.78 is 35.3. The molecule has 1 aromatic carbocycles. The van der Waals surface area contributed by atoms with E-state index < -0.39 is 18.3 Å². The van der Waals surface area contributed by atoms with E-state index in [-0.39, 0.29) is 5.75 Å². The molecular weight excluding hydrogens is 268 g/mol. The van der Waals surface area contributed by atoms with Crippen LogP contribution in [-0.2, 0) is 4.74 Å². The highest BCUT2D eigenvalue weighted by molar-refractivity contribution is 5.90. The van der Waals surface area contributed by atoms with Crippen LogP contribution in [0.5, 0.6) is 5.75 Å². The van der Waals surface area contributed by atoms with Crippen molar-refractivity contribution in [2.75, 3.05) is 0 Å². The Labute approximate surface area is 114 Å². The lowest BCUT2D eigenvalue weighted by atomic mass is 10.2. The lowest BCUT2D eigenvalue weighted by Gasteiger charge is -2.19. The molecule has 20 heavy (non-hydrogen) atoms. The first-order valence-electron chi connectivity index (χ1n) is 6.05. The van der Waals surface area contributed by atoms with Crippen molar-refractivity contribution in [3.63, 3.8) is 0 Å². The van der Waals surface area contributed by atoms with Crippen LogP contribution in [0.1, 0.15) is 20.8 Å². The Kier molecular flexibility index (Phi) is 3.65. The van der Waals surface area contributed by atoms with Crippen molar-refractivity contribution < 1.29 is 23.0 Å². The molecule has 0 bridgehead atoms. The molecule has 1 heterocycles. The van der Waals surface area contributed by atoms with Crippen LogP contribution in [0.4, 0.5) is 13.6 Å². The van der Waals surface area contributed by atoms with Gasteiger partial charge in [-0.05, 0) is 39.0 Å². The highest BCUT2D eigenvalue weighted by Crippen LogP contribution is 2.24. The van der Waals surface area contributed by atoms with Crippen LogP contribution >= 0.6 is 0 Å². The summed E-state index contributed by atoms with van der Waals surface area (Å²) in [6, 6.07) is 6.11. The van der Waals surface area contributed by atoms with Crippen molar-refractivity contribution >= 4 is 17.0 Å². The van der Waals surface area contributed by atoms with Crippen molar-refractivity contribution in [1.29, 1.82) is 0 Å². The quantitative estimate of drug-likeness (QED) is 0.835. The van der Waals surface area contributed by atoms with Crippen LogP contribution in [0.25, 0.3) is 10.9 Å². The first-order chi connectivity index (χ1) is 9.26. The van der Waals surface area contributed by atoms with Gasteiger partial charge in [-0.15, -0.1) is 0 Å². The van der Waals surface area contributed by atoms with E-state index in [2.05, 4.69) is 4.74 Å². The van der Waals surface area contributed by atoms with Crippen molar-refractivity contribution in [2.45, 2.75) is 33.0 Å². The standard InChI is InChI=1S/C14H15F2NO3/c1-14(2,3)20-13(18)17-7-6-9-4-5-10(8-11(9)17)19-12(15)16/h4-8,12H,1-3H3. The highest BCUT2D eigenvalue weighted by atomic mass is 19.3. The molecule has 2 rings (SSSR count). The lowest BCUT2D eigenvalue weighted by molar-refractivity contribution is -0.0497. The molecule has 6 heteroatoms. The monoisotopic (exact) mass is 283 g/mol. The van der Waals surface area contributed by atoms with Crippen LogP contribution in [0.15, 0.2) is 30.5 Å². The summed E-state index contributed by atoms with van der Waals surface area (Å²) in [5, 5.41) is 0.734. The zero-order valence-electron chi connectivity index (χ0n) is 11.4. The van der Waals surface area contributed by atoms with Crippen LogP contribution in [0.3, 0.4) is 0 Å². The molecule has 0 unspecified atom stereocenters. The maximum atomic E-state index is 12.2. The maximum absolute atomic E-state index is 12.2. The maximum Gasteiger partial charge on any atom is 0.418 e. The summed E-state index contributed by atoms with van der Waals surface area (Å²) >= 11 is 0. The molecule has 0 aliphatic rings. The molecular formula is C14H15F2NO3. The molecule has 0 amide bonds. The molecule has 0 radical (unpaired) electrons. The summed E-state index contributed by atoms with van der Waals surface area (Å²) in [5.74, 6) is -0.00370. The molecule has 0 aliphatic heterocycles. The molecule has 108 valence electrons. The number of ether oxygens (including phenoxy) is 2. The van der Waals surface area contributed by atoms with Gasteiger partial charge in [-0.3, -0.25) is 4.57 Å². The first kappa shape index (κ1) is 14.3. The third kappa shape index (κ3) is 3.26. The summed E-state index contributed by atoms with van der Waals surface area (Å²) in [4.78, 5) is 12.0. The predicted octanol–water partition coefficient (Wildman–Crippen LogP) is 4.03. The zero-order chi connectivity index (χ0) is 14.9. The number of benzene rings is 1. The number of hydrogen-bond acceptors (Lipinski definition) is 3. The zero-order valence-corrected chi connectivity index (χ0v) is 11.4. The van der Waals surface area contributed by atoms with Gasteiger partial charge in [0.2, 0.25) is 0 Å². The number of carbonyl (C=O) groups excluding carboxylic acids is 1. The minimum atomic E-state index is -2.91. The third-order valence-electron chi connectivity index (χ3n) is 2.48. The smallest absolute Gasteiger partial charge is 0.418 e. The van der Waals surface area contributed by atoms with Crippen LogP contribution in [0, 0.1) is 0 Å². The van der Waals surface area contributed by atoms with E-state index in [1.807, 2.05) is 0 Å². The van der Waals surface area contributed by atoms with Crippen LogP contribution in [0.2, 0.25) is 0 Å². The van der Waals surface area contributed by atoms with Crippen molar-refractivity contribution in [3.8, 4) is 5.75 Å². The molecule has 2 aromatic rings. The third-order valence-corrected chi connectivity index (χ3v) is 2.48. The average Bonchev–Trinajstić information content (AvgIpc) is 2.68. The van der Waals surface area contributed by atoms with E-state index in [0.29, 0.717) is 5.52 Å². The van der Waals surface area contributed by atoms with E-state index in [1.54, 1.807) is 32.9 Å². The summed E-state index contributed by atoms with van der Waals surface area (Å²) in [5.41, 5.74) is -0.178. The van der Waals surface area contributed by atoms with Crippen molar-refractivity contribution in [2.24, 2.45) is 0 Å². The Morgan fingerprint density at radius 1 is 1.25 bits per heavy atom. The number of hydrogen-bond donors (Lipinski definition) is 0. The Morgan fingerprint density at radius 2 is 1.95 bits per heavy atom. The predicted molar refractivity (Wildman–Crippen MR) is 70.2 cm³/mol. The second-order valence-corrected chi connectivity index (χ2v) is 5.27. The Balaban J connectivity index is 2.36. The van der Waals surface area contributed by atoms with Gasteiger partial charge >= 0.3 is 12.7 Å². The molecule has 0 spiro atoms. The normalized spacial score (nSPS) is 11.9. The minimum Gasteiger partial charge on any atom is -0.443 e. The number of aromatic nitrogens is 1. The molecule has 0 N–H and O–H groups in total. The SMILES string of the molecule is CC(C)(C)OC(=O)n1ccc2ccc(OC(F)F)cc21. The molecule has 0 aliphatic carbocycles. The number of carbonyl (C=O) groups is 1. The number of fused-ring (bicyclic) bond motifs is 1. The fraction of sp³-hybridized carbons (Fsp3) is 0.357. The molecule has 0 fully saturated rings. The number of halogens is 2. The topological polar surface area (TPSA) is 40.5 Å². The fourth-order valence-electron chi connectivity index (χ4n) is 1.75. The van der Waals surface area contributed by atoms with Gasteiger partial charge in [0.05, 0.1) is 5.52 Å². The first-order valence-corrected chi connectivity index (χ1v) is 6.05. The van der Waals surface area contributed by atoms with Gasteiger partial charge in [-0.2, -0.15) is 8.78 Å². The Hall–Kier alpha value is -2.11. The minimum absolute atomic E-state index is 0.00370. The Bertz CT molecular complexity index is 629. The summed E-state index contributed by atoms with van der Waals surface area (Å²) in [6.45, 7) is 2.35. The number of nitrogens with zero attached hydrogens (tertiary/aromatic N) is 1. The summed E-state index contributed by atoms with van der Waals surface area (Å²) in [6.07, 6.45) is 0.965. The summed E-state index contributed by atoms with van der Waals surface area (Å²) in [7, 11) is 0. The fourth-order valence-corrected chi connectivity index (χ4v) is 1.75. The van der Waals surface area contributed by atoms with Gasteiger partial charge in [-0.25, -0.2) is 4.79 Å². The van der Waals surface area contributed by atoms with Gasteiger partial charge in [0, 0.05) is 17.6 Å². The molecule has 0 saturated carbocycles. The van der Waals surface area contributed by atoms with Crippen LogP contribution in [-0.4, -0.2) is 22.9 Å². The van der Waals surface area contributed by atoms with Gasteiger partial charge < -0.3 is 9.47 Å². The number of alkyl halides is 2. The van der Waals surface area contributed by atoms with Gasteiger partial charge in [0.1, 0.15) is 11.4 Å². The second kappa shape index (κ2) is 5.11. The molecule has 0 saturated heterocycles. The largest absolute Gasteiger partial charge is 0.443 e. The van der Waals surface area contributed by atoms with Crippen molar-refractivity contribution in [1.82, 2.24) is 4.57 Å². The van der Waals surface area contributed by atoms with Gasteiger partial charge in [-0.1, -0.05) is 0 Å². The van der Waals surface area contributed by atoms with Gasteiger partial charge in [0.25, 0.3) is 0 Å². The molecule has 1 aromatic heterocycles. The van der Waals surface area contributed by atoms with E-state index in [9.17, 15) is 13.6 Å². The number of rotatable bonds is 2. The van der Waals surface area contributed by atoms with E-state index in [1.165, 1.54) is 22.9 Å². The van der Waals surface area contributed by atoms with E-state index in [0.717, 1.165) is 5.39 Å². The molecule has 4 nitrogen and oxygen atoms in total. The highest BCUT2D eigenvalue weighted by Gasteiger charge is 2.19. The van der Waals surface area contributed by atoms with Gasteiger partial charge in [0.15, 0.2) is 0 Å². The van der Waals surface area contributed by atoms with E-state index >= 15 is 0 Å². The van der Waals surface area contributed by atoms with Crippen molar-refractivity contribution in [3.05, 3.63) is 30.5 Å². The Morgan fingerprint density at radius 3 is 2.55 bits per heavy atom. The second-order valence-electron chi connectivity index (χ2n) is 5.27.